The molecule has 21 heavy (non-hydrogen) atoms. The van der Waals surface area contributed by atoms with Crippen LogP contribution in [0.25, 0.3) is 0 Å². The largest absolute Gasteiger partial charge is 0.399 e. The van der Waals surface area contributed by atoms with E-state index in [0.29, 0.717) is 34.9 Å². The number of rotatable bonds is 3. The second kappa shape index (κ2) is 5.94. The molecule has 118 valence electrons. The van der Waals surface area contributed by atoms with Crippen LogP contribution in [-0.2, 0) is 14.8 Å². The first kappa shape index (κ1) is 16.3. The number of morpholine rings is 1. The molecule has 2 N–H and O–H groups in total. The van der Waals surface area contributed by atoms with Crippen molar-refractivity contribution < 1.29 is 13.2 Å². The second-order valence-electron chi connectivity index (χ2n) is 5.76. The van der Waals surface area contributed by atoms with E-state index in [1.165, 1.54) is 0 Å². The normalized spacial score (nSPS) is 24.2. The molecule has 2 rings (SSSR count). The predicted octanol–water partition coefficient (Wildman–Crippen LogP) is 2.07. The predicted molar refractivity (Wildman–Crippen MR) is 83.7 cm³/mol. The van der Waals surface area contributed by atoms with Gasteiger partial charge in [-0.3, -0.25) is 0 Å². The maximum absolute atomic E-state index is 13.1. The maximum Gasteiger partial charge on any atom is 0.244 e. The van der Waals surface area contributed by atoms with Crippen LogP contribution in [0.15, 0.2) is 17.0 Å². The van der Waals surface area contributed by atoms with Crippen molar-refractivity contribution >= 4 is 15.7 Å². The van der Waals surface area contributed by atoms with E-state index in [1.807, 2.05) is 13.8 Å². The quantitative estimate of drug-likeness (QED) is 0.867. The third-order valence-corrected chi connectivity index (χ3v) is 6.16. The highest BCUT2D eigenvalue weighted by Crippen LogP contribution is 2.29. The minimum atomic E-state index is -3.54. The summed E-state index contributed by atoms with van der Waals surface area (Å²) < 4.78 is 33.4. The van der Waals surface area contributed by atoms with Crippen molar-refractivity contribution in [3.05, 3.63) is 23.3 Å². The summed E-state index contributed by atoms with van der Waals surface area (Å²) in [5, 5.41) is 0. The molecular weight excluding hydrogens is 288 g/mol. The number of anilines is 1. The summed E-state index contributed by atoms with van der Waals surface area (Å²) >= 11 is 0. The first-order valence-electron chi connectivity index (χ1n) is 7.27. The zero-order valence-electron chi connectivity index (χ0n) is 13.1. The van der Waals surface area contributed by atoms with Crippen molar-refractivity contribution in [2.45, 2.75) is 51.2 Å². The van der Waals surface area contributed by atoms with Crippen molar-refractivity contribution in [1.29, 1.82) is 0 Å². The Hall–Kier alpha value is -1.11. The summed E-state index contributed by atoms with van der Waals surface area (Å²) in [5.74, 6) is 0. The van der Waals surface area contributed by atoms with Crippen LogP contribution in [0.1, 0.15) is 31.4 Å². The molecule has 1 aliphatic rings. The molecule has 1 aromatic carbocycles. The summed E-state index contributed by atoms with van der Waals surface area (Å²) in [6.07, 6.45) is 0.649. The van der Waals surface area contributed by atoms with E-state index in [4.69, 9.17) is 10.5 Å². The highest BCUT2D eigenvalue weighted by Gasteiger charge is 2.37. The average molecular weight is 312 g/mol. The summed E-state index contributed by atoms with van der Waals surface area (Å²) in [7, 11) is -3.54. The highest BCUT2D eigenvalue weighted by molar-refractivity contribution is 7.89. The SMILES string of the molecule is CCC1COC(C)CN1S(=O)(=O)c1c(C)cc(N)cc1C. The van der Waals surface area contributed by atoms with Crippen molar-refractivity contribution in [1.82, 2.24) is 4.31 Å². The molecule has 0 radical (unpaired) electrons. The third kappa shape index (κ3) is 3.07. The monoisotopic (exact) mass is 312 g/mol. The minimum absolute atomic E-state index is 0.0861. The molecule has 0 spiro atoms. The molecule has 0 saturated carbocycles. The number of sulfonamides is 1. The number of nitrogens with two attached hydrogens (primary N) is 1. The van der Waals surface area contributed by atoms with Gasteiger partial charge in [-0.1, -0.05) is 6.92 Å². The second-order valence-corrected chi connectivity index (χ2v) is 7.59. The van der Waals surface area contributed by atoms with Gasteiger partial charge in [-0.25, -0.2) is 8.42 Å². The van der Waals surface area contributed by atoms with Crippen molar-refractivity contribution in [2.24, 2.45) is 0 Å². The summed E-state index contributed by atoms with van der Waals surface area (Å²) in [5.41, 5.74) is 7.78. The van der Waals surface area contributed by atoms with Crippen LogP contribution in [0.2, 0.25) is 0 Å². The summed E-state index contributed by atoms with van der Waals surface area (Å²) in [6.45, 7) is 8.31. The lowest BCUT2D eigenvalue weighted by molar-refractivity contribution is -0.0230. The average Bonchev–Trinajstić information content (AvgIpc) is 2.37. The number of benzene rings is 1. The van der Waals surface area contributed by atoms with Gasteiger partial charge in [-0.15, -0.1) is 0 Å². The number of ether oxygens (including phenoxy) is 1. The molecule has 0 aliphatic carbocycles. The fourth-order valence-electron chi connectivity index (χ4n) is 2.94. The third-order valence-electron chi connectivity index (χ3n) is 3.94. The molecular formula is C15H24N2O3S. The van der Waals surface area contributed by atoms with Gasteiger partial charge in [-0.2, -0.15) is 4.31 Å². The van der Waals surface area contributed by atoms with E-state index in [2.05, 4.69) is 0 Å². The van der Waals surface area contributed by atoms with Crippen LogP contribution in [0.3, 0.4) is 0 Å². The van der Waals surface area contributed by atoms with Crippen molar-refractivity contribution in [3.8, 4) is 0 Å². The lowest BCUT2D eigenvalue weighted by Crippen LogP contribution is -2.51. The van der Waals surface area contributed by atoms with Crippen molar-refractivity contribution in [2.75, 3.05) is 18.9 Å². The molecule has 1 fully saturated rings. The van der Waals surface area contributed by atoms with E-state index in [9.17, 15) is 8.42 Å². The molecule has 1 saturated heterocycles. The smallest absolute Gasteiger partial charge is 0.244 e. The van der Waals surface area contributed by atoms with Crippen molar-refractivity contribution in [3.63, 3.8) is 0 Å². The standard InChI is InChI=1S/C15H24N2O3S/c1-5-14-9-20-12(4)8-17(14)21(18,19)15-10(2)6-13(16)7-11(15)3/h6-7,12,14H,5,8-9,16H2,1-4H3. The van der Waals surface area contributed by atoms with Crippen LogP contribution < -0.4 is 5.73 Å². The molecule has 1 aromatic rings. The van der Waals surface area contributed by atoms with Crippen LogP contribution in [0.4, 0.5) is 5.69 Å². The Morgan fingerprint density at radius 3 is 2.43 bits per heavy atom. The molecule has 2 unspecified atom stereocenters. The van der Waals surface area contributed by atoms with Crippen LogP contribution in [-0.4, -0.2) is 38.0 Å². The van der Waals surface area contributed by atoms with Gasteiger partial charge in [-0.05, 0) is 50.5 Å². The Labute approximate surface area is 127 Å². The van der Waals surface area contributed by atoms with E-state index in [1.54, 1.807) is 30.3 Å². The Kier molecular flexibility index (Phi) is 4.60. The van der Waals surface area contributed by atoms with Gasteiger partial charge in [0, 0.05) is 18.3 Å². The number of nitrogens with zero attached hydrogens (tertiary/aromatic N) is 1. The zero-order valence-corrected chi connectivity index (χ0v) is 13.9. The molecule has 5 nitrogen and oxygen atoms in total. The van der Waals surface area contributed by atoms with Crippen LogP contribution in [0, 0.1) is 13.8 Å². The molecule has 1 heterocycles. The van der Waals surface area contributed by atoms with Gasteiger partial charge in [0.25, 0.3) is 0 Å². The van der Waals surface area contributed by atoms with Gasteiger partial charge < -0.3 is 10.5 Å². The summed E-state index contributed by atoms with van der Waals surface area (Å²) in [6, 6.07) is 3.32. The van der Waals surface area contributed by atoms with Gasteiger partial charge in [0.2, 0.25) is 10.0 Å². The maximum atomic E-state index is 13.1. The highest BCUT2D eigenvalue weighted by atomic mass is 32.2. The summed E-state index contributed by atoms with van der Waals surface area (Å²) in [4.78, 5) is 0.379. The van der Waals surface area contributed by atoms with E-state index in [0.717, 1.165) is 6.42 Å². The first-order valence-corrected chi connectivity index (χ1v) is 8.71. The number of aryl methyl sites for hydroxylation is 2. The minimum Gasteiger partial charge on any atom is -0.399 e. The van der Waals surface area contributed by atoms with E-state index in [-0.39, 0.29) is 12.1 Å². The molecule has 2 atom stereocenters. The number of hydrogen-bond donors (Lipinski definition) is 1. The fraction of sp³-hybridized carbons (Fsp3) is 0.600. The lowest BCUT2D eigenvalue weighted by atomic mass is 10.1. The van der Waals surface area contributed by atoms with Crippen LogP contribution >= 0.6 is 0 Å². The Morgan fingerprint density at radius 2 is 1.90 bits per heavy atom. The van der Waals surface area contributed by atoms with Gasteiger partial charge in [0.05, 0.1) is 17.6 Å². The van der Waals surface area contributed by atoms with E-state index < -0.39 is 10.0 Å². The fourth-order valence-corrected chi connectivity index (χ4v) is 5.11. The number of nitrogen functional groups attached to an aromatic ring is 1. The first-order chi connectivity index (χ1) is 9.77. The van der Waals surface area contributed by atoms with Gasteiger partial charge in [0.15, 0.2) is 0 Å². The molecule has 6 heteroatoms. The Morgan fingerprint density at radius 1 is 1.33 bits per heavy atom. The van der Waals surface area contributed by atoms with Gasteiger partial charge in [0.1, 0.15) is 0 Å². The molecule has 0 amide bonds. The topological polar surface area (TPSA) is 72.6 Å². The van der Waals surface area contributed by atoms with E-state index >= 15 is 0 Å². The molecule has 0 aromatic heterocycles. The Balaban J connectivity index is 2.50. The molecule has 1 aliphatic heterocycles. The zero-order chi connectivity index (χ0) is 15.8. The number of hydrogen-bond acceptors (Lipinski definition) is 4. The van der Waals surface area contributed by atoms with Gasteiger partial charge >= 0.3 is 0 Å². The lowest BCUT2D eigenvalue weighted by Gasteiger charge is -2.37. The molecule has 0 bridgehead atoms. The van der Waals surface area contributed by atoms with Crippen LogP contribution in [0.5, 0.6) is 0 Å². The Bertz CT molecular complexity index is 605.